The van der Waals surface area contributed by atoms with Crippen LogP contribution in [0.15, 0.2) is 48.8 Å². The zero-order valence-corrected chi connectivity index (χ0v) is 10.8. The number of carbonyl (C=O) groups is 1. The maximum Gasteiger partial charge on any atom is 0.258 e. The van der Waals surface area contributed by atoms with Gasteiger partial charge in [-0.1, -0.05) is 12.1 Å². The largest absolute Gasteiger partial charge is 0.320 e. The Balaban J connectivity index is 1.95. The molecule has 0 spiro atoms. The van der Waals surface area contributed by atoms with Crippen molar-refractivity contribution in [3.05, 3.63) is 65.9 Å². The van der Waals surface area contributed by atoms with E-state index in [0.29, 0.717) is 5.69 Å². The molecule has 2 heterocycles. The molecule has 5 heteroatoms. The molecule has 3 rings (SSSR count). The van der Waals surface area contributed by atoms with Crippen LogP contribution >= 0.6 is 0 Å². The number of rotatable bonds is 2. The van der Waals surface area contributed by atoms with Crippen LogP contribution in [0, 0.1) is 12.7 Å². The molecule has 1 aromatic carbocycles. The monoisotopic (exact) mass is 269 g/mol. The number of halogens is 1. The lowest BCUT2D eigenvalue weighted by Crippen LogP contribution is -2.15. The summed E-state index contributed by atoms with van der Waals surface area (Å²) in [5.41, 5.74) is 2.29. The smallest absolute Gasteiger partial charge is 0.258 e. The first-order valence-electron chi connectivity index (χ1n) is 6.15. The maximum atomic E-state index is 13.6. The van der Waals surface area contributed by atoms with Gasteiger partial charge in [-0.3, -0.25) is 4.79 Å². The number of hydrogen-bond donors (Lipinski definition) is 1. The number of benzene rings is 1. The van der Waals surface area contributed by atoms with E-state index in [-0.39, 0.29) is 5.56 Å². The van der Waals surface area contributed by atoms with Gasteiger partial charge in [0.2, 0.25) is 0 Å². The highest BCUT2D eigenvalue weighted by Crippen LogP contribution is 2.18. The van der Waals surface area contributed by atoms with Gasteiger partial charge in [-0.2, -0.15) is 0 Å². The molecule has 0 bridgehead atoms. The van der Waals surface area contributed by atoms with Crippen molar-refractivity contribution in [2.24, 2.45) is 0 Å². The van der Waals surface area contributed by atoms with Gasteiger partial charge in [0, 0.05) is 18.1 Å². The molecular formula is C15H12FN3O. The minimum atomic E-state index is -0.536. The zero-order chi connectivity index (χ0) is 14.1. The predicted octanol–water partition coefficient (Wildman–Crippen LogP) is 3.03. The Morgan fingerprint density at radius 2 is 2.05 bits per heavy atom. The second-order valence-corrected chi connectivity index (χ2v) is 4.42. The van der Waals surface area contributed by atoms with E-state index in [0.717, 1.165) is 11.3 Å². The fourth-order valence-corrected chi connectivity index (χ4v) is 2.10. The summed E-state index contributed by atoms with van der Waals surface area (Å²) in [6.45, 7) is 1.87. The van der Waals surface area contributed by atoms with Crippen molar-refractivity contribution in [2.75, 3.05) is 5.32 Å². The van der Waals surface area contributed by atoms with Crippen molar-refractivity contribution >= 4 is 17.2 Å². The van der Waals surface area contributed by atoms with Crippen LogP contribution in [0.3, 0.4) is 0 Å². The van der Waals surface area contributed by atoms with Crippen LogP contribution < -0.4 is 5.32 Å². The summed E-state index contributed by atoms with van der Waals surface area (Å²) < 4.78 is 15.4. The molecule has 0 saturated heterocycles. The number of amides is 1. The van der Waals surface area contributed by atoms with Gasteiger partial charge in [-0.15, -0.1) is 0 Å². The maximum absolute atomic E-state index is 13.6. The van der Waals surface area contributed by atoms with E-state index in [9.17, 15) is 9.18 Å². The third-order valence-electron chi connectivity index (χ3n) is 3.19. The third-order valence-corrected chi connectivity index (χ3v) is 3.19. The molecule has 0 aliphatic carbocycles. The first kappa shape index (κ1) is 12.3. The summed E-state index contributed by atoms with van der Waals surface area (Å²) in [6.07, 6.45) is 3.49. The van der Waals surface area contributed by atoms with Crippen molar-refractivity contribution in [2.45, 2.75) is 6.92 Å². The van der Waals surface area contributed by atoms with Crippen LogP contribution in [0.5, 0.6) is 0 Å². The SMILES string of the molecule is Cc1c(NC(=O)c2ccccc2F)ccc2nccn12. The Bertz CT molecular complexity index is 795. The molecule has 4 nitrogen and oxygen atoms in total. The van der Waals surface area contributed by atoms with E-state index >= 15 is 0 Å². The summed E-state index contributed by atoms with van der Waals surface area (Å²) in [7, 11) is 0. The van der Waals surface area contributed by atoms with Crippen LogP contribution in [0.2, 0.25) is 0 Å². The van der Waals surface area contributed by atoms with Gasteiger partial charge < -0.3 is 9.72 Å². The molecule has 100 valence electrons. The molecule has 20 heavy (non-hydrogen) atoms. The standard InChI is InChI=1S/C15H12FN3O/c1-10-13(6-7-14-17-8-9-19(10)14)18-15(20)11-4-2-3-5-12(11)16/h2-9H,1H3,(H,18,20). The lowest BCUT2D eigenvalue weighted by molar-refractivity contribution is 0.102. The summed E-state index contributed by atoms with van der Waals surface area (Å²) in [5.74, 6) is -1.00. The quantitative estimate of drug-likeness (QED) is 0.777. The molecular weight excluding hydrogens is 257 g/mol. The molecule has 0 unspecified atom stereocenters. The minimum Gasteiger partial charge on any atom is -0.320 e. The lowest BCUT2D eigenvalue weighted by Gasteiger charge is -2.10. The number of aryl methyl sites for hydroxylation is 1. The molecule has 0 fully saturated rings. The van der Waals surface area contributed by atoms with Crippen molar-refractivity contribution < 1.29 is 9.18 Å². The number of pyridine rings is 1. The van der Waals surface area contributed by atoms with Gasteiger partial charge in [-0.05, 0) is 31.2 Å². The fraction of sp³-hybridized carbons (Fsp3) is 0.0667. The summed E-state index contributed by atoms with van der Waals surface area (Å²) in [4.78, 5) is 16.2. The van der Waals surface area contributed by atoms with Gasteiger partial charge in [0.1, 0.15) is 11.5 Å². The normalized spacial score (nSPS) is 10.7. The second-order valence-electron chi connectivity index (χ2n) is 4.42. The van der Waals surface area contributed by atoms with E-state index in [1.54, 1.807) is 30.5 Å². The molecule has 2 aromatic heterocycles. The van der Waals surface area contributed by atoms with Crippen molar-refractivity contribution in [1.29, 1.82) is 0 Å². The highest BCUT2D eigenvalue weighted by atomic mass is 19.1. The van der Waals surface area contributed by atoms with Crippen LogP contribution in [0.25, 0.3) is 5.65 Å². The fourth-order valence-electron chi connectivity index (χ4n) is 2.10. The van der Waals surface area contributed by atoms with Crippen molar-refractivity contribution in [1.82, 2.24) is 9.38 Å². The van der Waals surface area contributed by atoms with E-state index in [1.165, 1.54) is 12.1 Å². The number of imidazole rings is 1. The van der Waals surface area contributed by atoms with Crippen LogP contribution in [0.1, 0.15) is 16.1 Å². The van der Waals surface area contributed by atoms with Crippen LogP contribution in [-0.4, -0.2) is 15.3 Å². The molecule has 0 radical (unpaired) electrons. The Kier molecular flexibility index (Phi) is 2.95. The highest BCUT2D eigenvalue weighted by Gasteiger charge is 2.13. The second kappa shape index (κ2) is 4.77. The number of nitrogens with zero attached hydrogens (tertiary/aromatic N) is 2. The number of aromatic nitrogens is 2. The number of carbonyl (C=O) groups excluding carboxylic acids is 1. The van der Waals surface area contributed by atoms with Crippen LogP contribution in [0.4, 0.5) is 10.1 Å². The first-order valence-corrected chi connectivity index (χ1v) is 6.15. The van der Waals surface area contributed by atoms with Gasteiger partial charge in [-0.25, -0.2) is 9.37 Å². The van der Waals surface area contributed by atoms with E-state index in [2.05, 4.69) is 10.3 Å². The molecule has 0 aliphatic heterocycles. The van der Waals surface area contributed by atoms with Crippen molar-refractivity contribution in [3.8, 4) is 0 Å². The first-order chi connectivity index (χ1) is 9.66. The van der Waals surface area contributed by atoms with Gasteiger partial charge in [0.25, 0.3) is 5.91 Å². The summed E-state index contributed by atoms with van der Waals surface area (Å²) >= 11 is 0. The molecule has 1 N–H and O–H groups in total. The van der Waals surface area contributed by atoms with Crippen molar-refractivity contribution in [3.63, 3.8) is 0 Å². The van der Waals surface area contributed by atoms with E-state index in [4.69, 9.17) is 0 Å². The Labute approximate surface area is 114 Å². The van der Waals surface area contributed by atoms with Crippen LogP contribution in [-0.2, 0) is 0 Å². The third kappa shape index (κ3) is 2.03. The van der Waals surface area contributed by atoms with Gasteiger partial charge >= 0.3 is 0 Å². The number of fused-ring (bicyclic) bond motifs is 1. The lowest BCUT2D eigenvalue weighted by atomic mass is 10.2. The number of hydrogen-bond acceptors (Lipinski definition) is 2. The van der Waals surface area contributed by atoms with E-state index < -0.39 is 11.7 Å². The number of nitrogens with one attached hydrogen (secondary N) is 1. The Morgan fingerprint density at radius 1 is 1.25 bits per heavy atom. The molecule has 0 atom stereocenters. The molecule has 0 aliphatic rings. The summed E-state index contributed by atoms with van der Waals surface area (Å²) in [6, 6.07) is 9.45. The Hall–Kier alpha value is -2.69. The summed E-state index contributed by atoms with van der Waals surface area (Å²) in [5, 5.41) is 2.72. The number of anilines is 1. The topological polar surface area (TPSA) is 46.4 Å². The minimum absolute atomic E-state index is 0.0256. The van der Waals surface area contributed by atoms with Gasteiger partial charge in [0.15, 0.2) is 0 Å². The zero-order valence-electron chi connectivity index (χ0n) is 10.8. The molecule has 0 saturated carbocycles. The predicted molar refractivity (Wildman–Crippen MR) is 74.3 cm³/mol. The molecule has 1 amide bonds. The highest BCUT2D eigenvalue weighted by molar-refractivity contribution is 6.04. The Morgan fingerprint density at radius 3 is 2.85 bits per heavy atom. The van der Waals surface area contributed by atoms with E-state index in [1.807, 2.05) is 17.5 Å². The molecule has 3 aromatic rings. The van der Waals surface area contributed by atoms with Gasteiger partial charge in [0.05, 0.1) is 11.3 Å². The average Bonchev–Trinajstić information content (AvgIpc) is 2.91. The average molecular weight is 269 g/mol.